The lowest BCUT2D eigenvalue weighted by molar-refractivity contribution is -0.384. The van der Waals surface area contributed by atoms with Crippen molar-refractivity contribution >= 4 is 17.3 Å². The fourth-order valence-electron chi connectivity index (χ4n) is 2.32. The molecule has 104 valence electrons. The summed E-state index contributed by atoms with van der Waals surface area (Å²) >= 11 is 5.81. The highest BCUT2D eigenvalue weighted by Gasteiger charge is 2.17. The van der Waals surface area contributed by atoms with E-state index in [2.05, 4.69) is 16.7 Å². The molecule has 1 saturated heterocycles. The Morgan fingerprint density at radius 2 is 1.89 bits per heavy atom. The average molecular weight is 284 g/mol. The molecule has 2 rings (SSSR count). The molecule has 0 aromatic heterocycles. The fraction of sp³-hybridized carbons (Fsp3) is 0.538. The van der Waals surface area contributed by atoms with E-state index in [1.807, 2.05) is 6.07 Å². The van der Waals surface area contributed by atoms with E-state index in [0.29, 0.717) is 0 Å². The third-order valence-corrected chi connectivity index (χ3v) is 3.85. The topological polar surface area (TPSA) is 49.6 Å². The maximum absolute atomic E-state index is 10.8. The summed E-state index contributed by atoms with van der Waals surface area (Å²) in [5, 5.41) is 11.0. The number of hydrogen-bond acceptors (Lipinski definition) is 4. The Bertz CT molecular complexity index is 459. The minimum Gasteiger partial charge on any atom is -0.301 e. The van der Waals surface area contributed by atoms with Gasteiger partial charge in [0, 0.05) is 38.8 Å². The number of nitro groups is 1. The van der Waals surface area contributed by atoms with Gasteiger partial charge in [-0.25, -0.2) is 0 Å². The predicted octanol–water partition coefficient (Wildman–Crippen LogP) is 2.39. The Labute approximate surface area is 117 Å². The number of rotatable bonds is 4. The lowest BCUT2D eigenvalue weighted by Gasteiger charge is -2.33. The zero-order chi connectivity index (χ0) is 13.8. The number of halogens is 1. The number of piperazine rings is 1. The number of likely N-dealkylation sites (N-methyl/N-ethyl adjacent to an activating group) is 1. The van der Waals surface area contributed by atoms with Gasteiger partial charge in [-0.2, -0.15) is 0 Å². The first-order valence-electron chi connectivity index (χ1n) is 6.47. The van der Waals surface area contributed by atoms with Crippen molar-refractivity contribution in [1.29, 1.82) is 0 Å². The van der Waals surface area contributed by atoms with Crippen LogP contribution in [0.2, 0.25) is 5.02 Å². The van der Waals surface area contributed by atoms with E-state index in [-0.39, 0.29) is 10.7 Å². The summed E-state index contributed by atoms with van der Waals surface area (Å²) in [6.45, 7) is 8.13. The minimum absolute atomic E-state index is 0.00800. The van der Waals surface area contributed by atoms with Gasteiger partial charge in [0.1, 0.15) is 5.02 Å². The van der Waals surface area contributed by atoms with Gasteiger partial charge < -0.3 is 4.90 Å². The highest BCUT2D eigenvalue weighted by molar-refractivity contribution is 6.32. The van der Waals surface area contributed by atoms with E-state index >= 15 is 0 Å². The third-order valence-electron chi connectivity index (χ3n) is 3.53. The predicted molar refractivity (Wildman–Crippen MR) is 75.5 cm³/mol. The summed E-state index contributed by atoms with van der Waals surface area (Å²) in [6, 6.07) is 5.05. The minimum atomic E-state index is -0.430. The van der Waals surface area contributed by atoms with Crippen molar-refractivity contribution in [3.05, 3.63) is 38.9 Å². The molecule has 0 radical (unpaired) electrons. The van der Waals surface area contributed by atoms with Crippen LogP contribution in [0.25, 0.3) is 0 Å². The molecule has 1 aromatic carbocycles. The number of nitro benzene ring substituents is 1. The van der Waals surface area contributed by atoms with E-state index in [4.69, 9.17) is 11.6 Å². The second-order valence-electron chi connectivity index (χ2n) is 4.75. The Balaban J connectivity index is 2.00. The molecule has 6 heteroatoms. The molecule has 0 spiro atoms. The summed E-state index contributed by atoms with van der Waals surface area (Å²) in [5.41, 5.74) is 0.937. The van der Waals surface area contributed by atoms with Crippen molar-refractivity contribution in [1.82, 2.24) is 9.80 Å². The van der Waals surface area contributed by atoms with Crippen LogP contribution in [-0.2, 0) is 6.54 Å². The molecule has 0 N–H and O–H groups in total. The van der Waals surface area contributed by atoms with Gasteiger partial charge in [0.15, 0.2) is 0 Å². The van der Waals surface area contributed by atoms with Gasteiger partial charge in [0.05, 0.1) is 4.92 Å². The summed E-state index contributed by atoms with van der Waals surface area (Å²) in [6.07, 6.45) is 0. The molecule has 1 heterocycles. The van der Waals surface area contributed by atoms with Gasteiger partial charge in [0.25, 0.3) is 5.69 Å². The Morgan fingerprint density at radius 3 is 2.47 bits per heavy atom. The van der Waals surface area contributed by atoms with Gasteiger partial charge in [-0.1, -0.05) is 24.6 Å². The first kappa shape index (κ1) is 14.2. The van der Waals surface area contributed by atoms with Crippen molar-refractivity contribution in [2.24, 2.45) is 0 Å². The molecule has 1 aliphatic heterocycles. The molecule has 1 aromatic rings. The van der Waals surface area contributed by atoms with Crippen LogP contribution < -0.4 is 0 Å². The smallest absolute Gasteiger partial charge is 0.288 e. The van der Waals surface area contributed by atoms with Crippen LogP contribution in [0.5, 0.6) is 0 Å². The maximum Gasteiger partial charge on any atom is 0.288 e. The monoisotopic (exact) mass is 283 g/mol. The molecule has 5 nitrogen and oxygen atoms in total. The molecular formula is C13H18ClN3O2. The standard InChI is InChI=1S/C13H18ClN3O2/c1-2-15-5-7-16(8-6-15)10-11-3-4-12(14)13(9-11)17(18)19/h3-4,9H,2,5-8,10H2,1H3. The number of hydrogen-bond donors (Lipinski definition) is 0. The van der Waals surface area contributed by atoms with E-state index in [9.17, 15) is 10.1 Å². The van der Waals surface area contributed by atoms with Gasteiger partial charge >= 0.3 is 0 Å². The highest BCUT2D eigenvalue weighted by atomic mass is 35.5. The molecule has 1 fully saturated rings. The molecule has 0 bridgehead atoms. The first-order valence-corrected chi connectivity index (χ1v) is 6.85. The zero-order valence-corrected chi connectivity index (χ0v) is 11.8. The lowest BCUT2D eigenvalue weighted by Crippen LogP contribution is -2.45. The molecule has 0 aliphatic carbocycles. The van der Waals surface area contributed by atoms with E-state index in [0.717, 1.165) is 44.8 Å². The SMILES string of the molecule is CCN1CCN(Cc2ccc(Cl)c([N+](=O)[O-])c2)CC1. The van der Waals surface area contributed by atoms with E-state index in [1.54, 1.807) is 12.1 Å². The second-order valence-corrected chi connectivity index (χ2v) is 5.16. The van der Waals surface area contributed by atoms with Gasteiger partial charge in [-0.3, -0.25) is 15.0 Å². The van der Waals surface area contributed by atoms with Crippen molar-refractivity contribution in [2.45, 2.75) is 13.5 Å². The molecule has 0 atom stereocenters. The summed E-state index contributed by atoms with van der Waals surface area (Å²) in [4.78, 5) is 15.1. The van der Waals surface area contributed by atoms with Crippen LogP contribution in [0.4, 0.5) is 5.69 Å². The van der Waals surface area contributed by atoms with Crippen LogP contribution in [0.3, 0.4) is 0 Å². The summed E-state index contributed by atoms with van der Waals surface area (Å²) in [7, 11) is 0. The lowest BCUT2D eigenvalue weighted by atomic mass is 10.1. The van der Waals surface area contributed by atoms with Gasteiger partial charge in [0.2, 0.25) is 0 Å². The molecular weight excluding hydrogens is 266 g/mol. The Hall–Kier alpha value is -1.17. The van der Waals surface area contributed by atoms with Crippen molar-refractivity contribution in [3.63, 3.8) is 0 Å². The highest BCUT2D eigenvalue weighted by Crippen LogP contribution is 2.25. The normalized spacial score (nSPS) is 17.6. The van der Waals surface area contributed by atoms with Crippen LogP contribution >= 0.6 is 11.6 Å². The first-order chi connectivity index (χ1) is 9.10. The summed E-state index contributed by atoms with van der Waals surface area (Å²) < 4.78 is 0. The number of benzene rings is 1. The van der Waals surface area contributed by atoms with Crippen LogP contribution in [-0.4, -0.2) is 47.4 Å². The Kier molecular flexibility index (Phi) is 4.74. The zero-order valence-electron chi connectivity index (χ0n) is 11.0. The third kappa shape index (κ3) is 3.65. The molecule has 0 saturated carbocycles. The number of nitrogens with zero attached hydrogens (tertiary/aromatic N) is 3. The molecule has 0 unspecified atom stereocenters. The molecule has 1 aliphatic rings. The molecule has 0 amide bonds. The van der Waals surface area contributed by atoms with Crippen LogP contribution in [0.1, 0.15) is 12.5 Å². The van der Waals surface area contributed by atoms with Gasteiger partial charge in [-0.15, -0.1) is 0 Å². The molecule has 19 heavy (non-hydrogen) atoms. The fourth-order valence-corrected chi connectivity index (χ4v) is 2.50. The van der Waals surface area contributed by atoms with Crippen molar-refractivity contribution < 1.29 is 4.92 Å². The average Bonchev–Trinajstić information content (AvgIpc) is 2.41. The Morgan fingerprint density at radius 1 is 1.26 bits per heavy atom. The quantitative estimate of drug-likeness (QED) is 0.629. The van der Waals surface area contributed by atoms with E-state index in [1.165, 1.54) is 0 Å². The van der Waals surface area contributed by atoms with Crippen molar-refractivity contribution in [2.75, 3.05) is 32.7 Å². The summed E-state index contributed by atoms with van der Waals surface area (Å²) in [5.74, 6) is 0. The van der Waals surface area contributed by atoms with Crippen molar-refractivity contribution in [3.8, 4) is 0 Å². The second kappa shape index (κ2) is 6.32. The van der Waals surface area contributed by atoms with Gasteiger partial charge in [-0.05, 0) is 18.2 Å². The van der Waals surface area contributed by atoms with E-state index < -0.39 is 4.92 Å². The maximum atomic E-state index is 10.8. The van der Waals surface area contributed by atoms with Crippen LogP contribution in [0, 0.1) is 10.1 Å². The van der Waals surface area contributed by atoms with Crippen LogP contribution in [0.15, 0.2) is 18.2 Å². The largest absolute Gasteiger partial charge is 0.301 e.